The van der Waals surface area contributed by atoms with E-state index < -0.39 is 255 Å². The molecule has 21 saturated heterocycles. The molecule has 13 unspecified atom stereocenters. The largest absolute Gasteiger partial charge is 0.394 e. The molecule has 21 fully saturated rings. The average Bonchev–Trinajstić information content (AvgIpc) is 3.40. The third-order valence-corrected chi connectivity index (χ3v) is 14.8. The molecule has 34 heteroatoms. The number of hydrogen-bond donors (Lipinski definition) is 20. The number of aliphatic hydroxyl groups is 20. The quantitative estimate of drug-likeness (QED) is 0.117. The van der Waals surface area contributed by atoms with Gasteiger partial charge in [-0.05, 0) is 6.92 Å². The summed E-state index contributed by atoms with van der Waals surface area (Å²) in [5, 5.41) is 220. The normalized spacial score (nSPS) is 55.9. The zero-order valence-corrected chi connectivity index (χ0v) is 40.2. The minimum atomic E-state index is -2.61. The van der Waals surface area contributed by atoms with Crippen LogP contribution in [0.15, 0.2) is 0 Å². The Balaban J connectivity index is 1.07. The standard InChI is InChI=1S/C42H70O34/c1-42(62)33(61)41-69-14(7-48)34(42)76-40-27(60)21(54)31(12(5-46)68-40)74-38-25(58)19(52)30(11(4-45)66-38)73-37-24(57)18(51)28(9(2-43)65-37)71-35-22(55)16(49)15(8-63-35)70-36-23(56)17(50)29(10(3-44)64-36)72-39-26(59)20(53)32(75-41)13(6-47)67-39/h9-41,43-62H,2-8H2,1H3/t9?,10?,11?,12?,13?,14?,15-,16+,17-,18-,19-,20-,21-,22?,23?,24?,25?,26?,27?,28-,29-,30-,31-,32-,33?,34-,35-,36-,37-,38-,39-,40-,41-,42-/m1/s1. The summed E-state index contributed by atoms with van der Waals surface area (Å²) in [6.07, 6.45) is -64.8. The Labute approximate surface area is 429 Å². The van der Waals surface area contributed by atoms with Gasteiger partial charge in [0.2, 0.25) is 0 Å². The molecule has 0 spiro atoms. The highest BCUT2D eigenvalue weighted by molar-refractivity contribution is 5.04. The number of hydrogen-bond acceptors (Lipinski definition) is 34. The molecule has 442 valence electrons. The van der Waals surface area contributed by atoms with Crippen LogP contribution in [-0.4, -0.2) is 357 Å². The molecule has 0 amide bonds. The number of rotatable bonds is 6. The van der Waals surface area contributed by atoms with Crippen molar-refractivity contribution in [3.05, 3.63) is 0 Å². The first-order valence-electron chi connectivity index (χ1n) is 24.4. The summed E-state index contributed by atoms with van der Waals surface area (Å²) >= 11 is 0. The molecule has 21 rings (SSSR count). The Bertz CT molecular complexity index is 1820. The van der Waals surface area contributed by atoms with Crippen molar-refractivity contribution < 1.29 is 168 Å². The lowest BCUT2D eigenvalue weighted by Gasteiger charge is -2.52. The fraction of sp³-hybridized carbons (Fsp3) is 1.00. The van der Waals surface area contributed by atoms with Crippen molar-refractivity contribution in [3.63, 3.8) is 0 Å². The average molecular weight is 1120 g/mol. The molecule has 20 N–H and O–H groups in total. The summed E-state index contributed by atoms with van der Waals surface area (Å²) in [5.74, 6) is 0. The maximum Gasteiger partial charge on any atom is 0.187 e. The van der Waals surface area contributed by atoms with Crippen molar-refractivity contribution in [3.8, 4) is 0 Å². The Morgan fingerprint density at radius 1 is 0.303 bits per heavy atom. The van der Waals surface area contributed by atoms with Crippen molar-refractivity contribution in [2.45, 2.75) is 215 Å². The molecule has 21 aliphatic rings. The molecule has 14 bridgehead atoms. The van der Waals surface area contributed by atoms with Crippen LogP contribution in [0, 0.1) is 0 Å². The highest BCUT2D eigenvalue weighted by Gasteiger charge is 2.61. The van der Waals surface area contributed by atoms with Gasteiger partial charge in [0.15, 0.2) is 44.0 Å². The van der Waals surface area contributed by atoms with Gasteiger partial charge in [0.1, 0.15) is 164 Å². The first-order chi connectivity index (χ1) is 36.0. The molecular formula is C42H70O34. The molecule has 0 aromatic rings. The summed E-state index contributed by atoms with van der Waals surface area (Å²) in [6.45, 7) is -5.87. The molecule has 0 radical (unpaired) electrons. The van der Waals surface area contributed by atoms with Crippen molar-refractivity contribution in [2.24, 2.45) is 0 Å². The van der Waals surface area contributed by atoms with Gasteiger partial charge in [-0.2, -0.15) is 0 Å². The van der Waals surface area contributed by atoms with Gasteiger partial charge in [-0.15, -0.1) is 0 Å². The minimum absolute atomic E-state index is 0.693. The number of ether oxygens (including phenoxy) is 14. The topological polar surface area (TPSA) is 534 Å². The highest BCUT2D eigenvalue weighted by Crippen LogP contribution is 2.40. The maximum atomic E-state index is 11.8. The Morgan fingerprint density at radius 3 is 0.895 bits per heavy atom. The van der Waals surface area contributed by atoms with Gasteiger partial charge >= 0.3 is 0 Å². The second-order valence-electron chi connectivity index (χ2n) is 19.8. The van der Waals surface area contributed by atoms with Crippen molar-refractivity contribution >= 4 is 0 Å². The van der Waals surface area contributed by atoms with E-state index in [0.717, 1.165) is 6.92 Å². The number of aliphatic hydroxyl groups excluding tert-OH is 19. The van der Waals surface area contributed by atoms with E-state index in [1.165, 1.54) is 0 Å². The third kappa shape index (κ3) is 11.6. The molecule has 0 aromatic heterocycles. The van der Waals surface area contributed by atoms with E-state index in [9.17, 15) is 102 Å². The van der Waals surface area contributed by atoms with Gasteiger partial charge in [-0.1, -0.05) is 0 Å². The van der Waals surface area contributed by atoms with E-state index in [0.29, 0.717) is 0 Å². The van der Waals surface area contributed by atoms with Gasteiger partial charge in [0.05, 0.1) is 46.2 Å². The summed E-state index contributed by atoms with van der Waals surface area (Å²) in [6, 6.07) is 0. The van der Waals surface area contributed by atoms with E-state index in [4.69, 9.17) is 66.3 Å². The van der Waals surface area contributed by atoms with E-state index in [-0.39, 0.29) is 0 Å². The van der Waals surface area contributed by atoms with Crippen LogP contribution in [-0.2, 0) is 66.3 Å². The Kier molecular flexibility index (Phi) is 20.0. The first-order valence-corrected chi connectivity index (χ1v) is 24.4. The SMILES string of the molecule is C[C@@]1(O)C(O)[C@@H]2OC(CO)[C@H]1O[C@H]1OC(CO)[C@@H](O[C@H]3OC(CO)[C@@H](O[C@H]4OC(CO)[C@@H](O[C@H]5OC[C@@H](O[C@H]6OC(CO)[C@@H](O[C@H]7OC(CO)[C@@H](O2)[C@H](O)C7O)[C@H](O)C6O)[C@H](O)C5O)[C@H](O)C4O)[C@H](O)C3O)[C@H](O)C1O. The summed E-state index contributed by atoms with van der Waals surface area (Å²) in [7, 11) is 0. The molecule has 34 nitrogen and oxygen atoms in total. The van der Waals surface area contributed by atoms with Gasteiger partial charge in [-0.25, -0.2) is 0 Å². The van der Waals surface area contributed by atoms with Crippen LogP contribution in [0.2, 0.25) is 0 Å². The second kappa shape index (κ2) is 25.0. The third-order valence-electron chi connectivity index (χ3n) is 14.8. The summed E-state index contributed by atoms with van der Waals surface area (Å²) in [4.78, 5) is 0. The van der Waals surface area contributed by atoms with Crippen LogP contribution in [0.1, 0.15) is 6.92 Å². The predicted molar refractivity (Wildman–Crippen MR) is 227 cm³/mol. The lowest BCUT2D eigenvalue weighted by atomic mass is 9.85. The highest BCUT2D eigenvalue weighted by atomic mass is 16.8. The predicted octanol–water partition coefficient (Wildman–Crippen LogP) is -14.2. The molecule has 21 heterocycles. The van der Waals surface area contributed by atoms with Crippen LogP contribution in [0.5, 0.6) is 0 Å². The van der Waals surface area contributed by atoms with Crippen LogP contribution in [0.4, 0.5) is 0 Å². The molecule has 0 saturated carbocycles. The molecule has 21 aliphatic heterocycles. The first kappa shape index (κ1) is 60.7. The molecule has 0 aliphatic carbocycles. The molecule has 0 aromatic carbocycles. The molecular weight excluding hydrogens is 1050 g/mol. The van der Waals surface area contributed by atoms with Crippen LogP contribution < -0.4 is 0 Å². The lowest BCUT2D eigenvalue weighted by Crippen LogP contribution is -2.71. The Morgan fingerprint density at radius 2 is 0.566 bits per heavy atom. The monoisotopic (exact) mass is 1120 g/mol. The van der Waals surface area contributed by atoms with E-state index >= 15 is 0 Å². The van der Waals surface area contributed by atoms with E-state index in [2.05, 4.69) is 0 Å². The van der Waals surface area contributed by atoms with Crippen molar-refractivity contribution in [1.29, 1.82) is 0 Å². The van der Waals surface area contributed by atoms with Crippen LogP contribution in [0.25, 0.3) is 0 Å². The van der Waals surface area contributed by atoms with Crippen LogP contribution in [0.3, 0.4) is 0 Å². The molecule has 76 heavy (non-hydrogen) atoms. The minimum Gasteiger partial charge on any atom is -0.394 e. The van der Waals surface area contributed by atoms with E-state index in [1.807, 2.05) is 0 Å². The summed E-state index contributed by atoms with van der Waals surface area (Å²) < 4.78 is 79.7. The lowest BCUT2D eigenvalue weighted by molar-refractivity contribution is -0.405. The fourth-order valence-corrected chi connectivity index (χ4v) is 10.4. The van der Waals surface area contributed by atoms with Crippen molar-refractivity contribution in [1.82, 2.24) is 0 Å². The zero-order valence-electron chi connectivity index (χ0n) is 40.2. The van der Waals surface area contributed by atoms with Crippen LogP contribution >= 0.6 is 0 Å². The fourth-order valence-electron chi connectivity index (χ4n) is 10.4. The zero-order chi connectivity index (χ0) is 55.4. The summed E-state index contributed by atoms with van der Waals surface area (Å²) in [5.41, 5.74) is -2.61. The molecule has 34 atom stereocenters. The van der Waals surface area contributed by atoms with Gasteiger partial charge in [-0.3, -0.25) is 0 Å². The van der Waals surface area contributed by atoms with Crippen molar-refractivity contribution in [2.75, 3.05) is 46.2 Å². The van der Waals surface area contributed by atoms with E-state index in [1.54, 1.807) is 0 Å². The smallest absolute Gasteiger partial charge is 0.187 e. The Hall–Kier alpha value is -1.36. The van der Waals surface area contributed by atoms with Gasteiger partial charge in [0, 0.05) is 0 Å². The van der Waals surface area contributed by atoms with Gasteiger partial charge < -0.3 is 168 Å². The maximum absolute atomic E-state index is 11.8. The van der Waals surface area contributed by atoms with Gasteiger partial charge in [0.25, 0.3) is 0 Å². The second-order valence-corrected chi connectivity index (χ2v) is 19.8.